The van der Waals surface area contributed by atoms with Crippen molar-refractivity contribution in [3.8, 4) is 5.75 Å². The van der Waals surface area contributed by atoms with Gasteiger partial charge in [0.05, 0.1) is 18.0 Å². The molecule has 90 valence electrons. The van der Waals surface area contributed by atoms with E-state index in [-0.39, 0.29) is 5.43 Å². The molecule has 17 heavy (non-hydrogen) atoms. The average Bonchev–Trinajstić information content (AvgIpc) is 2.31. The summed E-state index contributed by atoms with van der Waals surface area (Å²) >= 11 is 3.45. The van der Waals surface area contributed by atoms with Crippen molar-refractivity contribution in [1.29, 1.82) is 0 Å². The number of fused-ring (bicyclic) bond motifs is 1. The van der Waals surface area contributed by atoms with E-state index in [2.05, 4.69) is 20.9 Å². The molecule has 0 aliphatic carbocycles. The highest BCUT2D eigenvalue weighted by atomic mass is 79.9. The molecule has 2 aromatic rings. The standard InChI is InChI=1S/C13H14BrNO2/c1-4-8-7(2)15-12-9(14)5-6-10(17-3)11(12)13(8)16/h5-6H,4H2,1-3H3,(H,15,16). The number of benzene rings is 1. The van der Waals surface area contributed by atoms with Crippen LogP contribution in [0.25, 0.3) is 10.9 Å². The summed E-state index contributed by atoms with van der Waals surface area (Å²) in [4.78, 5) is 15.7. The number of rotatable bonds is 2. The Kier molecular flexibility index (Phi) is 3.24. The highest BCUT2D eigenvalue weighted by Gasteiger charge is 2.13. The fraction of sp³-hybridized carbons (Fsp3) is 0.308. The summed E-state index contributed by atoms with van der Waals surface area (Å²) in [6.07, 6.45) is 0.715. The van der Waals surface area contributed by atoms with Gasteiger partial charge in [0.25, 0.3) is 0 Å². The molecule has 1 aromatic heterocycles. The van der Waals surface area contributed by atoms with Gasteiger partial charge in [0.15, 0.2) is 5.43 Å². The molecule has 0 aliphatic heterocycles. The lowest BCUT2D eigenvalue weighted by molar-refractivity contribution is 0.419. The van der Waals surface area contributed by atoms with Crippen LogP contribution in [0.15, 0.2) is 21.4 Å². The van der Waals surface area contributed by atoms with Crippen molar-refractivity contribution in [3.05, 3.63) is 38.1 Å². The number of hydrogen-bond acceptors (Lipinski definition) is 2. The lowest BCUT2D eigenvalue weighted by Gasteiger charge is -2.10. The summed E-state index contributed by atoms with van der Waals surface area (Å²) in [5.74, 6) is 0.610. The first-order chi connectivity index (χ1) is 8.10. The third kappa shape index (κ3) is 1.86. The maximum atomic E-state index is 12.4. The van der Waals surface area contributed by atoms with E-state index in [1.165, 1.54) is 0 Å². The maximum Gasteiger partial charge on any atom is 0.196 e. The van der Waals surface area contributed by atoms with Crippen LogP contribution in [0.3, 0.4) is 0 Å². The summed E-state index contributed by atoms with van der Waals surface area (Å²) in [5, 5.41) is 0.615. The molecule has 0 saturated heterocycles. The van der Waals surface area contributed by atoms with Gasteiger partial charge in [-0.1, -0.05) is 6.92 Å². The van der Waals surface area contributed by atoms with Crippen molar-refractivity contribution in [2.45, 2.75) is 20.3 Å². The zero-order valence-corrected chi connectivity index (χ0v) is 11.6. The van der Waals surface area contributed by atoms with Crippen LogP contribution in [0, 0.1) is 6.92 Å². The minimum Gasteiger partial charge on any atom is -0.496 e. The van der Waals surface area contributed by atoms with Crippen molar-refractivity contribution < 1.29 is 4.74 Å². The summed E-state index contributed by atoms with van der Waals surface area (Å²) in [6.45, 7) is 3.90. The Morgan fingerprint density at radius 1 is 1.41 bits per heavy atom. The molecule has 0 radical (unpaired) electrons. The van der Waals surface area contributed by atoms with Crippen LogP contribution in [0.1, 0.15) is 18.2 Å². The Labute approximate surface area is 108 Å². The van der Waals surface area contributed by atoms with Crippen molar-refractivity contribution in [3.63, 3.8) is 0 Å². The third-order valence-corrected chi connectivity index (χ3v) is 3.62. The number of nitrogens with one attached hydrogen (secondary N) is 1. The molecule has 0 unspecified atom stereocenters. The number of H-pyrrole nitrogens is 1. The van der Waals surface area contributed by atoms with Crippen LogP contribution in [0.2, 0.25) is 0 Å². The van der Waals surface area contributed by atoms with Gasteiger partial charge in [-0.15, -0.1) is 0 Å². The molecule has 1 aromatic carbocycles. The van der Waals surface area contributed by atoms with Gasteiger partial charge in [-0.05, 0) is 41.4 Å². The number of methoxy groups -OCH3 is 1. The van der Waals surface area contributed by atoms with E-state index >= 15 is 0 Å². The zero-order chi connectivity index (χ0) is 12.6. The minimum atomic E-state index is 0.0527. The number of aryl methyl sites for hydroxylation is 1. The molecule has 1 N–H and O–H groups in total. The van der Waals surface area contributed by atoms with Crippen LogP contribution in [-0.2, 0) is 6.42 Å². The topological polar surface area (TPSA) is 42.1 Å². The van der Waals surface area contributed by atoms with Gasteiger partial charge in [0.1, 0.15) is 5.75 Å². The molecular formula is C13H14BrNO2. The second-order valence-electron chi connectivity index (χ2n) is 3.91. The van der Waals surface area contributed by atoms with Crippen molar-refractivity contribution in [1.82, 2.24) is 4.98 Å². The summed E-state index contributed by atoms with van der Waals surface area (Å²) < 4.78 is 6.13. The smallest absolute Gasteiger partial charge is 0.196 e. The van der Waals surface area contributed by atoms with Crippen molar-refractivity contribution in [2.75, 3.05) is 7.11 Å². The zero-order valence-electron chi connectivity index (χ0n) is 10.1. The predicted molar refractivity (Wildman–Crippen MR) is 72.9 cm³/mol. The van der Waals surface area contributed by atoms with E-state index in [1.54, 1.807) is 13.2 Å². The first-order valence-corrected chi connectivity index (χ1v) is 6.27. The number of hydrogen-bond donors (Lipinski definition) is 1. The van der Waals surface area contributed by atoms with E-state index in [0.717, 1.165) is 21.2 Å². The second-order valence-corrected chi connectivity index (χ2v) is 4.77. The lowest BCUT2D eigenvalue weighted by Crippen LogP contribution is -2.13. The summed E-state index contributed by atoms with van der Waals surface area (Å²) in [6, 6.07) is 3.68. The molecule has 0 saturated carbocycles. The third-order valence-electron chi connectivity index (χ3n) is 2.96. The molecule has 0 amide bonds. The van der Waals surface area contributed by atoms with Crippen LogP contribution in [0.5, 0.6) is 5.75 Å². The fourth-order valence-electron chi connectivity index (χ4n) is 2.09. The Hall–Kier alpha value is -1.29. The average molecular weight is 296 g/mol. The Morgan fingerprint density at radius 3 is 2.71 bits per heavy atom. The molecule has 0 atom stereocenters. The fourth-order valence-corrected chi connectivity index (χ4v) is 2.52. The van der Waals surface area contributed by atoms with Gasteiger partial charge in [0.2, 0.25) is 0 Å². The van der Waals surface area contributed by atoms with Gasteiger partial charge >= 0.3 is 0 Å². The monoisotopic (exact) mass is 295 g/mol. The number of halogens is 1. The number of aromatic nitrogens is 1. The second kappa shape index (κ2) is 4.53. The number of pyridine rings is 1. The van der Waals surface area contributed by atoms with Crippen molar-refractivity contribution >= 4 is 26.8 Å². The Bertz CT molecular complexity index is 631. The summed E-state index contributed by atoms with van der Waals surface area (Å²) in [5.41, 5.74) is 2.58. The van der Waals surface area contributed by atoms with Gasteiger partial charge in [-0.3, -0.25) is 4.79 Å². The molecule has 0 fully saturated rings. The van der Waals surface area contributed by atoms with Crippen LogP contribution < -0.4 is 10.2 Å². The Morgan fingerprint density at radius 2 is 2.12 bits per heavy atom. The molecule has 0 bridgehead atoms. The van der Waals surface area contributed by atoms with Gasteiger partial charge < -0.3 is 9.72 Å². The van der Waals surface area contributed by atoms with Gasteiger partial charge in [0, 0.05) is 15.7 Å². The van der Waals surface area contributed by atoms with E-state index < -0.39 is 0 Å². The predicted octanol–water partition coefficient (Wildman–Crippen LogP) is 3.17. The first kappa shape index (κ1) is 12.2. The molecule has 2 rings (SSSR count). The van der Waals surface area contributed by atoms with E-state index in [4.69, 9.17) is 4.74 Å². The highest BCUT2D eigenvalue weighted by molar-refractivity contribution is 9.10. The largest absolute Gasteiger partial charge is 0.496 e. The Balaban J connectivity index is 3.01. The van der Waals surface area contributed by atoms with Crippen molar-refractivity contribution in [2.24, 2.45) is 0 Å². The number of aromatic amines is 1. The van der Waals surface area contributed by atoms with E-state index in [0.29, 0.717) is 17.6 Å². The van der Waals surface area contributed by atoms with Crippen LogP contribution in [0.4, 0.5) is 0 Å². The highest BCUT2D eigenvalue weighted by Crippen LogP contribution is 2.28. The normalized spacial score (nSPS) is 10.8. The first-order valence-electron chi connectivity index (χ1n) is 5.48. The molecule has 4 heteroatoms. The molecule has 3 nitrogen and oxygen atoms in total. The van der Waals surface area contributed by atoms with Crippen LogP contribution >= 0.6 is 15.9 Å². The van der Waals surface area contributed by atoms with Gasteiger partial charge in [-0.25, -0.2) is 0 Å². The van der Waals surface area contributed by atoms with E-state index in [9.17, 15) is 4.79 Å². The summed E-state index contributed by atoms with van der Waals surface area (Å²) in [7, 11) is 1.58. The molecule has 0 aliphatic rings. The SMILES string of the molecule is CCc1c(C)[nH]c2c(Br)ccc(OC)c2c1=O. The van der Waals surface area contributed by atoms with Crippen LogP contribution in [-0.4, -0.2) is 12.1 Å². The maximum absolute atomic E-state index is 12.4. The quantitative estimate of drug-likeness (QED) is 0.925. The number of ether oxygens (including phenoxy) is 1. The molecular weight excluding hydrogens is 282 g/mol. The molecule has 1 heterocycles. The van der Waals surface area contributed by atoms with Gasteiger partial charge in [-0.2, -0.15) is 0 Å². The lowest BCUT2D eigenvalue weighted by atomic mass is 10.1. The van der Waals surface area contributed by atoms with E-state index in [1.807, 2.05) is 19.9 Å². The molecule has 0 spiro atoms. The minimum absolute atomic E-state index is 0.0527.